The molecule has 7 nitrogen and oxygen atoms in total. The van der Waals surface area contributed by atoms with E-state index >= 15 is 0 Å². The first-order valence-electron chi connectivity index (χ1n) is 14.7. The summed E-state index contributed by atoms with van der Waals surface area (Å²) in [5, 5.41) is 6.90. The van der Waals surface area contributed by atoms with Crippen molar-refractivity contribution in [2.45, 2.75) is 44.1 Å². The summed E-state index contributed by atoms with van der Waals surface area (Å²) < 4.78 is 0. The Morgan fingerprint density at radius 2 is 1.76 bits per heavy atom. The van der Waals surface area contributed by atoms with Crippen LogP contribution in [-0.2, 0) is 9.59 Å². The number of nitrogens with zero attached hydrogens (tertiary/aromatic N) is 3. The number of hydrogen-bond donors (Lipinski definition) is 2. The maximum absolute atomic E-state index is 13.9. The Balaban J connectivity index is 1.12. The van der Waals surface area contributed by atoms with Crippen LogP contribution in [-0.4, -0.2) is 78.8 Å². The lowest BCUT2D eigenvalue weighted by atomic mass is 9.80. The lowest BCUT2D eigenvalue weighted by Crippen LogP contribution is -2.50. The first kappa shape index (κ1) is 24.3. The summed E-state index contributed by atoms with van der Waals surface area (Å²) in [6, 6.07) is 8.68. The average Bonchev–Trinajstić information content (AvgIpc) is 3.66. The minimum atomic E-state index is -0.639. The van der Waals surface area contributed by atoms with E-state index < -0.39 is 5.54 Å². The molecule has 1 saturated carbocycles. The predicted octanol–water partition coefficient (Wildman–Crippen LogP) is 2.84. The van der Waals surface area contributed by atoms with E-state index in [1.165, 1.54) is 17.6 Å². The van der Waals surface area contributed by atoms with Crippen molar-refractivity contribution >= 4 is 23.2 Å². The van der Waals surface area contributed by atoms with E-state index in [2.05, 4.69) is 53.1 Å². The molecular formula is C31H39N5O2. The summed E-state index contributed by atoms with van der Waals surface area (Å²) in [7, 11) is 0. The maximum atomic E-state index is 13.9. The summed E-state index contributed by atoms with van der Waals surface area (Å²) >= 11 is 0. The van der Waals surface area contributed by atoms with Crippen LogP contribution in [0.15, 0.2) is 47.5 Å². The van der Waals surface area contributed by atoms with Crippen molar-refractivity contribution in [3.05, 3.63) is 53.6 Å². The van der Waals surface area contributed by atoms with Crippen LogP contribution in [0.2, 0.25) is 0 Å². The zero-order chi connectivity index (χ0) is 25.7. The molecule has 2 aliphatic carbocycles. The van der Waals surface area contributed by atoms with E-state index in [9.17, 15) is 9.59 Å². The number of allylic oxidation sites excluding steroid dienone is 3. The fourth-order valence-corrected chi connectivity index (χ4v) is 7.08. The Labute approximate surface area is 225 Å². The van der Waals surface area contributed by atoms with E-state index in [4.69, 9.17) is 4.99 Å². The van der Waals surface area contributed by atoms with Crippen LogP contribution in [0.3, 0.4) is 0 Å². The fourth-order valence-electron chi connectivity index (χ4n) is 7.08. The predicted molar refractivity (Wildman–Crippen MR) is 149 cm³/mol. The van der Waals surface area contributed by atoms with Crippen LogP contribution in [0.25, 0.3) is 5.57 Å². The smallest absolute Gasteiger partial charge is 0.256 e. The molecule has 6 aliphatic rings. The molecule has 2 N–H and O–H groups in total. The number of fused-ring (bicyclic) bond motifs is 1. The molecular weight excluding hydrogens is 474 g/mol. The van der Waals surface area contributed by atoms with Gasteiger partial charge in [0.25, 0.3) is 5.91 Å². The molecule has 0 bridgehead atoms. The Hall–Kier alpha value is -2.77. The highest BCUT2D eigenvalue weighted by Gasteiger charge is 2.49. The average molecular weight is 514 g/mol. The second-order valence-corrected chi connectivity index (χ2v) is 12.2. The number of amides is 2. The number of hydrogen-bond acceptors (Lipinski definition) is 5. The molecule has 4 fully saturated rings. The van der Waals surface area contributed by atoms with Crippen molar-refractivity contribution < 1.29 is 9.59 Å². The second kappa shape index (κ2) is 9.76. The topological polar surface area (TPSA) is 77.0 Å². The van der Waals surface area contributed by atoms with Crippen LogP contribution < -0.4 is 10.6 Å². The van der Waals surface area contributed by atoms with Gasteiger partial charge in [0, 0.05) is 37.7 Å². The number of amidine groups is 1. The molecule has 7 rings (SSSR count). The molecule has 38 heavy (non-hydrogen) atoms. The van der Waals surface area contributed by atoms with Crippen molar-refractivity contribution in [1.29, 1.82) is 0 Å². The summed E-state index contributed by atoms with van der Waals surface area (Å²) in [5.41, 5.74) is 2.89. The van der Waals surface area contributed by atoms with Crippen molar-refractivity contribution in [3.63, 3.8) is 0 Å². The molecule has 4 aliphatic heterocycles. The lowest BCUT2D eigenvalue weighted by molar-refractivity contribution is -0.132. The highest BCUT2D eigenvalue weighted by Crippen LogP contribution is 2.37. The van der Waals surface area contributed by atoms with Gasteiger partial charge >= 0.3 is 0 Å². The zero-order valence-electron chi connectivity index (χ0n) is 22.2. The zero-order valence-corrected chi connectivity index (χ0v) is 22.2. The molecule has 3 saturated heterocycles. The molecule has 2 amide bonds. The first-order valence-corrected chi connectivity index (χ1v) is 14.7. The first-order chi connectivity index (χ1) is 18.6. The van der Waals surface area contributed by atoms with Crippen LogP contribution in [0, 0.1) is 23.7 Å². The van der Waals surface area contributed by atoms with E-state index in [0.29, 0.717) is 30.2 Å². The summed E-state index contributed by atoms with van der Waals surface area (Å²) in [4.78, 5) is 35.7. The van der Waals surface area contributed by atoms with E-state index in [1.54, 1.807) is 0 Å². The standard InChI is InChI=1S/C31H39N5O2/c37-29(24-5-6-24)35-16-10-21(19-35)20-36-28(34-31(30(36)38)11-14-32-15-12-31)23-3-1-22(2-4-23)25-7-8-27-18-33-13-9-26(27)17-25/h1-4,7-8,17,21,24,26-27,32-33H,5-6,9-16,18-20H2. The van der Waals surface area contributed by atoms with Crippen molar-refractivity contribution in [3.8, 4) is 0 Å². The van der Waals surface area contributed by atoms with Gasteiger partial charge in [-0.3, -0.25) is 19.5 Å². The minimum absolute atomic E-state index is 0.153. The van der Waals surface area contributed by atoms with Gasteiger partial charge in [0.1, 0.15) is 11.4 Å². The van der Waals surface area contributed by atoms with Gasteiger partial charge in [0.05, 0.1) is 0 Å². The summed E-state index contributed by atoms with van der Waals surface area (Å²) in [5.74, 6) is 3.07. The number of benzene rings is 1. The van der Waals surface area contributed by atoms with E-state index in [-0.39, 0.29) is 11.8 Å². The van der Waals surface area contributed by atoms with Crippen molar-refractivity contribution in [2.75, 3.05) is 45.8 Å². The van der Waals surface area contributed by atoms with Gasteiger partial charge in [-0.05, 0) is 87.0 Å². The molecule has 3 unspecified atom stereocenters. The summed E-state index contributed by atoms with van der Waals surface area (Å²) in [6.45, 7) is 6.02. The molecule has 200 valence electrons. The fraction of sp³-hybridized carbons (Fsp3) is 0.581. The Bertz CT molecular complexity index is 1190. The second-order valence-electron chi connectivity index (χ2n) is 12.2. The molecule has 0 aromatic heterocycles. The number of piperidine rings is 2. The van der Waals surface area contributed by atoms with Crippen LogP contribution in [0.5, 0.6) is 0 Å². The Morgan fingerprint density at radius 3 is 2.55 bits per heavy atom. The molecule has 1 spiro atoms. The van der Waals surface area contributed by atoms with Gasteiger partial charge in [-0.1, -0.05) is 42.5 Å². The SMILES string of the molecule is O=C(C1CC1)N1CCC(CN2C(=O)C3(CCNCC3)N=C2c2ccc(C3=CC4CCNCC4C=C3)cc2)C1. The molecule has 1 aromatic rings. The third-order valence-electron chi connectivity index (χ3n) is 9.59. The number of nitrogens with one attached hydrogen (secondary N) is 2. The van der Waals surface area contributed by atoms with E-state index in [0.717, 1.165) is 82.8 Å². The van der Waals surface area contributed by atoms with Gasteiger partial charge < -0.3 is 15.5 Å². The van der Waals surface area contributed by atoms with Gasteiger partial charge in [0.2, 0.25) is 5.91 Å². The number of aliphatic imine (C=N–C) groups is 1. The van der Waals surface area contributed by atoms with Gasteiger partial charge in [-0.25, -0.2) is 0 Å². The lowest BCUT2D eigenvalue weighted by Gasteiger charge is -2.31. The van der Waals surface area contributed by atoms with Crippen LogP contribution >= 0.6 is 0 Å². The number of likely N-dealkylation sites (tertiary alicyclic amines) is 1. The molecule has 7 heteroatoms. The molecule has 4 heterocycles. The quantitative estimate of drug-likeness (QED) is 0.635. The maximum Gasteiger partial charge on any atom is 0.256 e. The number of carbonyl (C=O) groups is 2. The molecule has 0 radical (unpaired) electrons. The Morgan fingerprint density at radius 1 is 0.974 bits per heavy atom. The summed E-state index contributed by atoms with van der Waals surface area (Å²) in [6.07, 6.45) is 12.8. The van der Waals surface area contributed by atoms with E-state index in [1.807, 2.05) is 9.80 Å². The van der Waals surface area contributed by atoms with Gasteiger partial charge in [-0.15, -0.1) is 0 Å². The number of rotatable bonds is 5. The number of carbonyl (C=O) groups excluding carboxylic acids is 2. The van der Waals surface area contributed by atoms with Crippen molar-refractivity contribution in [2.24, 2.45) is 28.7 Å². The largest absolute Gasteiger partial charge is 0.342 e. The third kappa shape index (κ3) is 4.43. The van der Waals surface area contributed by atoms with Crippen LogP contribution in [0.1, 0.15) is 49.7 Å². The minimum Gasteiger partial charge on any atom is -0.342 e. The van der Waals surface area contributed by atoms with Gasteiger partial charge in [-0.2, -0.15) is 0 Å². The molecule has 1 aromatic carbocycles. The van der Waals surface area contributed by atoms with Gasteiger partial charge in [0.15, 0.2) is 0 Å². The highest BCUT2D eigenvalue weighted by molar-refractivity contribution is 6.15. The monoisotopic (exact) mass is 513 g/mol. The Kier molecular flexibility index (Phi) is 6.24. The normalized spacial score (nSPS) is 30.4. The highest BCUT2D eigenvalue weighted by atomic mass is 16.2. The van der Waals surface area contributed by atoms with Crippen LogP contribution in [0.4, 0.5) is 0 Å². The third-order valence-corrected chi connectivity index (χ3v) is 9.59. The molecule has 3 atom stereocenters. The van der Waals surface area contributed by atoms with Crippen molar-refractivity contribution in [1.82, 2.24) is 20.4 Å².